The van der Waals surface area contributed by atoms with E-state index in [0.717, 1.165) is 0 Å². The van der Waals surface area contributed by atoms with Crippen molar-refractivity contribution in [2.75, 3.05) is 11.9 Å². The number of aromatic nitrogens is 1. The Hall–Kier alpha value is -2.62. The summed E-state index contributed by atoms with van der Waals surface area (Å²) in [4.78, 5) is 17.9. The van der Waals surface area contributed by atoms with E-state index in [2.05, 4.69) is 20.3 Å². The summed E-state index contributed by atoms with van der Waals surface area (Å²) in [6.07, 6.45) is 1.29. The van der Waals surface area contributed by atoms with Crippen LogP contribution in [0.3, 0.4) is 0 Å². The zero-order chi connectivity index (χ0) is 13.6. The van der Waals surface area contributed by atoms with Crippen LogP contribution in [0.25, 0.3) is 10.4 Å². The summed E-state index contributed by atoms with van der Waals surface area (Å²) in [5.74, 6) is -0.721. The molecule has 1 amide bonds. The Kier molecular flexibility index (Phi) is 4.21. The normalized spacial score (nSPS) is 12.7. The van der Waals surface area contributed by atoms with Gasteiger partial charge in [-0.25, -0.2) is 4.98 Å². The van der Waals surface area contributed by atoms with Crippen LogP contribution in [0.2, 0.25) is 0 Å². The molecule has 1 unspecified atom stereocenters. The highest BCUT2D eigenvalue weighted by atomic mass is 16.3. The second-order valence-electron chi connectivity index (χ2n) is 3.66. The summed E-state index contributed by atoms with van der Waals surface area (Å²) in [6, 6.07) is 4.74. The van der Waals surface area contributed by atoms with Crippen LogP contribution in [0, 0.1) is 11.3 Å². The lowest BCUT2D eigenvalue weighted by atomic mass is 10.1. The van der Waals surface area contributed by atoms with E-state index in [4.69, 9.17) is 10.8 Å². The molecular weight excluding hydrogens is 236 g/mol. The molecule has 0 saturated heterocycles. The SMILES string of the molecule is CC(O)(CN=[N+]=[N-])C(=O)Nc1ccc(C#N)nc1. The van der Waals surface area contributed by atoms with Gasteiger partial charge >= 0.3 is 0 Å². The number of nitriles is 1. The number of carbonyl (C=O) groups is 1. The Morgan fingerprint density at radius 1 is 1.78 bits per heavy atom. The molecule has 1 atom stereocenters. The summed E-state index contributed by atoms with van der Waals surface area (Å²) >= 11 is 0. The van der Waals surface area contributed by atoms with Gasteiger partial charge in [0.25, 0.3) is 5.91 Å². The monoisotopic (exact) mass is 246 g/mol. The average molecular weight is 246 g/mol. The Labute approximate surface area is 103 Å². The predicted molar refractivity (Wildman–Crippen MR) is 62.2 cm³/mol. The molecule has 1 aromatic heterocycles. The molecule has 18 heavy (non-hydrogen) atoms. The van der Waals surface area contributed by atoms with Crippen molar-refractivity contribution >= 4 is 11.6 Å². The minimum Gasteiger partial charge on any atom is -0.380 e. The Bertz CT molecular complexity index is 524. The van der Waals surface area contributed by atoms with Crippen LogP contribution in [0.1, 0.15) is 12.6 Å². The van der Waals surface area contributed by atoms with E-state index in [1.165, 1.54) is 25.3 Å². The van der Waals surface area contributed by atoms with Gasteiger partial charge in [0.1, 0.15) is 17.4 Å². The molecule has 0 aliphatic carbocycles. The van der Waals surface area contributed by atoms with Gasteiger partial charge in [0.05, 0.1) is 18.4 Å². The molecule has 8 heteroatoms. The van der Waals surface area contributed by atoms with Crippen LogP contribution < -0.4 is 5.32 Å². The molecule has 2 N–H and O–H groups in total. The highest BCUT2D eigenvalue weighted by molar-refractivity contribution is 5.96. The fourth-order valence-corrected chi connectivity index (χ4v) is 1.04. The summed E-state index contributed by atoms with van der Waals surface area (Å²) in [5.41, 5.74) is 6.88. The van der Waals surface area contributed by atoms with Crippen molar-refractivity contribution in [3.05, 3.63) is 34.5 Å². The maximum absolute atomic E-state index is 11.7. The number of amides is 1. The summed E-state index contributed by atoms with van der Waals surface area (Å²) in [5, 5.41) is 23.8. The summed E-state index contributed by atoms with van der Waals surface area (Å²) in [6.45, 7) is 0.854. The fraction of sp³-hybridized carbons (Fsp3) is 0.300. The van der Waals surface area contributed by atoms with Gasteiger partial charge in [-0.2, -0.15) is 5.26 Å². The minimum absolute atomic E-state index is 0.217. The van der Waals surface area contributed by atoms with Crippen molar-refractivity contribution in [3.8, 4) is 6.07 Å². The van der Waals surface area contributed by atoms with Crippen molar-refractivity contribution in [1.82, 2.24) is 4.98 Å². The second-order valence-corrected chi connectivity index (χ2v) is 3.66. The molecule has 0 aromatic carbocycles. The first-order valence-electron chi connectivity index (χ1n) is 4.90. The van der Waals surface area contributed by atoms with Gasteiger partial charge in [0.15, 0.2) is 0 Å². The molecule has 1 aromatic rings. The maximum atomic E-state index is 11.7. The van der Waals surface area contributed by atoms with Gasteiger partial charge in [-0.1, -0.05) is 5.11 Å². The first-order chi connectivity index (χ1) is 8.49. The lowest BCUT2D eigenvalue weighted by Gasteiger charge is -2.19. The fourth-order valence-electron chi connectivity index (χ4n) is 1.04. The number of rotatable bonds is 4. The van der Waals surface area contributed by atoms with Gasteiger partial charge in [-0.3, -0.25) is 4.79 Å². The van der Waals surface area contributed by atoms with E-state index in [9.17, 15) is 9.90 Å². The molecule has 0 fully saturated rings. The first kappa shape index (κ1) is 13.4. The van der Waals surface area contributed by atoms with Gasteiger partial charge in [0, 0.05) is 4.91 Å². The number of aliphatic hydroxyl groups is 1. The lowest BCUT2D eigenvalue weighted by Crippen LogP contribution is -2.42. The van der Waals surface area contributed by atoms with Crippen molar-refractivity contribution < 1.29 is 9.90 Å². The Morgan fingerprint density at radius 3 is 3.00 bits per heavy atom. The molecule has 0 spiro atoms. The minimum atomic E-state index is -1.81. The van der Waals surface area contributed by atoms with Crippen LogP contribution in [-0.2, 0) is 4.79 Å². The molecule has 92 valence electrons. The van der Waals surface area contributed by atoms with Crippen molar-refractivity contribution in [2.24, 2.45) is 5.11 Å². The highest BCUT2D eigenvalue weighted by Gasteiger charge is 2.29. The molecular formula is C10H10N6O2. The predicted octanol–water partition coefficient (Wildman–Crippen LogP) is 0.953. The molecule has 1 heterocycles. The summed E-state index contributed by atoms with van der Waals surface area (Å²) in [7, 11) is 0. The highest BCUT2D eigenvalue weighted by Crippen LogP contribution is 2.11. The molecule has 8 nitrogen and oxygen atoms in total. The maximum Gasteiger partial charge on any atom is 0.256 e. The standard InChI is InChI=1S/C10H10N6O2/c1-10(18,6-14-16-12)9(17)15-8-3-2-7(4-11)13-5-8/h2-3,5,18H,6H2,1H3,(H,15,17). The number of pyridine rings is 1. The third-order valence-corrected chi connectivity index (χ3v) is 2.07. The van der Waals surface area contributed by atoms with Crippen LogP contribution in [0.5, 0.6) is 0 Å². The van der Waals surface area contributed by atoms with Crippen LogP contribution in [-0.4, -0.2) is 28.1 Å². The molecule has 0 bridgehead atoms. The molecule has 0 radical (unpaired) electrons. The molecule has 1 rings (SSSR count). The summed E-state index contributed by atoms with van der Waals surface area (Å²) < 4.78 is 0. The van der Waals surface area contributed by atoms with Crippen LogP contribution in [0.4, 0.5) is 5.69 Å². The van der Waals surface area contributed by atoms with E-state index in [0.29, 0.717) is 5.69 Å². The molecule has 0 aliphatic heterocycles. The topological polar surface area (TPSA) is 135 Å². The molecule has 0 saturated carbocycles. The molecule has 0 aliphatic rings. The number of anilines is 1. The zero-order valence-electron chi connectivity index (χ0n) is 9.53. The van der Waals surface area contributed by atoms with E-state index >= 15 is 0 Å². The zero-order valence-corrected chi connectivity index (χ0v) is 9.53. The van der Waals surface area contributed by atoms with E-state index < -0.39 is 11.5 Å². The number of hydrogen-bond acceptors (Lipinski definition) is 5. The Morgan fingerprint density at radius 2 is 2.50 bits per heavy atom. The second kappa shape index (κ2) is 5.63. The van der Waals surface area contributed by atoms with Crippen LogP contribution in [0.15, 0.2) is 23.4 Å². The van der Waals surface area contributed by atoms with Gasteiger partial charge in [0.2, 0.25) is 0 Å². The quantitative estimate of drug-likeness (QED) is 0.464. The van der Waals surface area contributed by atoms with Gasteiger partial charge in [-0.05, 0) is 24.6 Å². The van der Waals surface area contributed by atoms with Crippen molar-refractivity contribution in [1.29, 1.82) is 5.26 Å². The number of hydrogen-bond donors (Lipinski definition) is 2. The Balaban J connectivity index is 2.74. The van der Waals surface area contributed by atoms with Gasteiger partial charge < -0.3 is 10.4 Å². The average Bonchev–Trinajstić information content (AvgIpc) is 2.37. The number of nitrogens with one attached hydrogen (secondary N) is 1. The van der Waals surface area contributed by atoms with Crippen molar-refractivity contribution in [3.63, 3.8) is 0 Å². The van der Waals surface area contributed by atoms with E-state index in [1.807, 2.05) is 6.07 Å². The number of carbonyl (C=O) groups excluding carboxylic acids is 1. The number of azide groups is 1. The number of nitrogens with zero attached hydrogens (tertiary/aromatic N) is 5. The third kappa shape index (κ3) is 3.45. The van der Waals surface area contributed by atoms with Crippen molar-refractivity contribution in [2.45, 2.75) is 12.5 Å². The van der Waals surface area contributed by atoms with E-state index in [-0.39, 0.29) is 12.2 Å². The smallest absolute Gasteiger partial charge is 0.256 e. The van der Waals surface area contributed by atoms with Crippen LogP contribution >= 0.6 is 0 Å². The first-order valence-corrected chi connectivity index (χ1v) is 4.90. The lowest BCUT2D eigenvalue weighted by molar-refractivity contribution is -0.131. The van der Waals surface area contributed by atoms with Gasteiger partial charge in [-0.15, -0.1) is 0 Å². The van der Waals surface area contributed by atoms with E-state index in [1.54, 1.807) is 0 Å². The third-order valence-electron chi connectivity index (χ3n) is 2.07. The largest absolute Gasteiger partial charge is 0.380 e.